The van der Waals surface area contributed by atoms with E-state index in [-0.39, 0.29) is 5.91 Å². The summed E-state index contributed by atoms with van der Waals surface area (Å²) in [4.78, 5) is 19.7. The summed E-state index contributed by atoms with van der Waals surface area (Å²) in [5.74, 6) is 1.01. The molecule has 1 aliphatic heterocycles. The Morgan fingerprint density at radius 2 is 2.03 bits per heavy atom. The first-order valence-electron chi connectivity index (χ1n) is 10.9. The van der Waals surface area contributed by atoms with Crippen LogP contribution in [-0.2, 0) is 0 Å². The van der Waals surface area contributed by atoms with Crippen molar-refractivity contribution in [1.82, 2.24) is 15.2 Å². The minimum atomic E-state index is -0.154. The van der Waals surface area contributed by atoms with Gasteiger partial charge in [-0.15, -0.1) is 0 Å². The van der Waals surface area contributed by atoms with Crippen LogP contribution in [-0.4, -0.2) is 55.2 Å². The molecule has 1 aromatic carbocycles. The number of nitrogens with one attached hydrogen (secondary N) is 1. The summed E-state index contributed by atoms with van der Waals surface area (Å²) in [6.45, 7) is 7.70. The molecule has 1 saturated heterocycles. The Labute approximate surface area is 179 Å². The molecule has 2 heterocycles. The number of benzene rings is 1. The number of carbonyl (C=O) groups excluding carboxylic acids is 1. The molecule has 1 amide bonds. The van der Waals surface area contributed by atoms with Gasteiger partial charge in [-0.05, 0) is 63.4 Å². The van der Waals surface area contributed by atoms with E-state index < -0.39 is 0 Å². The fourth-order valence-electron chi connectivity index (χ4n) is 3.91. The second-order valence-electron chi connectivity index (χ2n) is 7.73. The highest BCUT2D eigenvalue weighted by Gasteiger charge is 2.18. The Kier molecular flexibility index (Phi) is 8.08. The summed E-state index contributed by atoms with van der Waals surface area (Å²) in [7, 11) is 1.54. The lowest BCUT2D eigenvalue weighted by atomic mass is 10.0. The molecule has 1 aromatic heterocycles. The number of pyridine rings is 1. The molecule has 1 unspecified atom stereocenters. The third-order valence-corrected chi connectivity index (χ3v) is 5.64. The first kappa shape index (κ1) is 22.1. The van der Waals surface area contributed by atoms with Crippen LogP contribution < -0.4 is 14.8 Å². The number of nitrogens with zero attached hydrogens (tertiary/aromatic N) is 2. The van der Waals surface area contributed by atoms with E-state index in [1.54, 1.807) is 6.20 Å². The van der Waals surface area contributed by atoms with Crippen molar-refractivity contribution in [3.63, 3.8) is 0 Å². The molecule has 30 heavy (non-hydrogen) atoms. The van der Waals surface area contributed by atoms with E-state index in [9.17, 15) is 4.79 Å². The van der Waals surface area contributed by atoms with Crippen molar-refractivity contribution in [2.75, 3.05) is 33.4 Å². The van der Waals surface area contributed by atoms with Gasteiger partial charge in [0.2, 0.25) is 5.88 Å². The molecule has 1 aliphatic rings. The molecule has 6 nitrogen and oxygen atoms in total. The van der Waals surface area contributed by atoms with Gasteiger partial charge in [0.05, 0.1) is 13.7 Å². The van der Waals surface area contributed by atoms with Gasteiger partial charge in [0.25, 0.3) is 5.91 Å². The van der Waals surface area contributed by atoms with Crippen molar-refractivity contribution in [2.24, 2.45) is 0 Å². The molecule has 6 heteroatoms. The molecule has 1 N–H and O–H groups in total. The second kappa shape index (κ2) is 11.0. The van der Waals surface area contributed by atoms with Crippen molar-refractivity contribution in [3.8, 4) is 22.8 Å². The molecule has 0 radical (unpaired) electrons. The number of methoxy groups -OCH3 is 1. The van der Waals surface area contributed by atoms with Crippen molar-refractivity contribution in [3.05, 3.63) is 42.1 Å². The molecule has 3 rings (SSSR count). The van der Waals surface area contributed by atoms with Crippen LogP contribution >= 0.6 is 0 Å². The maximum absolute atomic E-state index is 12.8. The van der Waals surface area contributed by atoms with Crippen LogP contribution in [0.4, 0.5) is 0 Å². The summed E-state index contributed by atoms with van der Waals surface area (Å²) < 4.78 is 10.8. The molecule has 2 aromatic rings. The monoisotopic (exact) mass is 411 g/mol. The third-order valence-electron chi connectivity index (χ3n) is 5.64. The third kappa shape index (κ3) is 5.72. The van der Waals surface area contributed by atoms with Gasteiger partial charge >= 0.3 is 0 Å². The van der Waals surface area contributed by atoms with E-state index in [0.29, 0.717) is 30.6 Å². The van der Waals surface area contributed by atoms with Crippen LogP contribution in [0.1, 0.15) is 49.9 Å². The predicted molar refractivity (Wildman–Crippen MR) is 119 cm³/mol. The Morgan fingerprint density at radius 1 is 1.23 bits per heavy atom. The van der Waals surface area contributed by atoms with Crippen LogP contribution in [0, 0.1) is 0 Å². The first-order valence-corrected chi connectivity index (χ1v) is 10.9. The van der Waals surface area contributed by atoms with Crippen molar-refractivity contribution >= 4 is 5.91 Å². The van der Waals surface area contributed by atoms with E-state index >= 15 is 0 Å². The van der Waals surface area contributed by atoms with E-state index in [1.165, 1.54) is 26.4 Å². The summed E-state index contributed by atoms with van der Waals surface area (Å²) in [5.41, 5.74) is 2.29. The van der Waals surface area contributed by atoms with Crippen LogP contribution in [0.25, 0.3) is 11.1 Å². The predicted octanol–water partition coefficient (Wildman–Crippen LogP) is 4.15. The molecular weight excluding hydrogens is 378 g/mol. The number of ether oxygens (including phenoxy) is 2. The number of piperidine rings is 1. The molecule has 1 fully saturated rings. The van der Waals surface area contributed by atoms with Gasteiger partial charge in [-0.2, -0.15) is 0 Å². The van der Waals surface area contributed by atoms with Gasteiger partial charge < -0.3 is 19.7 Å². The lowest BCUT2D eigenvalue weighted by Gasteiger charge is -2.33. The lowest BCUT2D eigenvalue weighted by molar-refractivity contribution is 0.0945. The average Bonchev–Trinajstić information content (AvgIpc) is 2.78. The summed E-state index contributed by atoms with van der Waals surface area (Å²) in [6.07, 6.45) is 6.53. The van der Waals surface area contributed by atoms with Gasteiger partial charge in [0, 0.05) is 30.9 Å². The quantitative estimate of drug-likeness (QED) is 0.628. The number of likely N-dealkylation sites (tertiary alicyclic amines) is 1. The number of aromatic nitrogens is 1. The van der Waals surface area contributed by atoms with E-state index in [0.717, 1.165) is 36.4 Å². The van der Waals surface area contributed by atoms with Crippen LogP contribution in [0.5, 0.6) is 11.6 Å². The molecule has 0 saturated carbocycles. The molecule has 0 spiro atoms. The SMILES string of the molecule is CCOc1ccc(-c2cnc(OC)c(C(=O)NCCCN3CCCCC3C)c2)cc1. The van der Waals surface area contributed by atoms with Gasteiger partial charge in [0.1, 0.15) is 11.3 Å². The molecule has 0 aliphatic carbocycles. The minimum Gasteiger partial charge on any atom is -0.494 e. The Morgan fingerprint density at radius 3 is 2.73 bits per heavy atom. The smallest absolute Gasteiger partial charge is 0.256 e. The zero-order chi connectivity index (χ0) is 21.3. The lowest BCUT2D eigenvalue weighted by Crippen LogP contribution is -2.39. The van der Waals surface area contributed by atoms with E-state index in [1.807, 2.05) is 37.3 Å². The molecular formula is C24H33N3O3. The fraction of sp³-hybridized carbons (Fsp3) is 0.500. The zero-order valence-electron chi connectivity index (χ0n) is 18.3. The summed E-state index contributed by atoms with van der Waals surface area (Å²) >= 11 is 0. The average molecular weight is 412 g/mol. The first-order chi connectivity index (χ1) is 14.6. The number of hydrogen-bond donors (Lipinski definition) is 1. The Bertz CT molecular complexity index is 823. The van der Waals surface area contributed by atoms with Crippen molar-refractivity contribution in [2.45, 2.75) is 45.6 Å². The van der Waals surface area contributed by atoms with Crippen LogP contribution in [0.2, 0.25) is 0 Å². The molecule has 162 valence electrons. The second-order valence-corrected chi connectivity index (χ2v) is 7.73. The maximum atomic E-state index is 12.8. The van der Waals surface area contributed by atoms with Crippen molar-refractivity contribution in [1.29, 1.82) is 0 Å². The highest BCUT2D eigenvalue weighted by atomic mass is 16.5. The highest BCUT2D eigenvalue weighted by molar-refractivity contribution is 5.97. The Hall–Kier alpha value is -2.60. The zero-order valence-corrected chi connectivity index (χ0v) is 18.3. The standard InChI is InChI=1S/C24H33N3O3/c1-4-30-21-11-9-19(10-12-21)20-16-22(24(29-3)26-17-20)23(28)25-13-7-15-27-14-6-5-8-18(27)2/h9-12,16-18H,4-8,13-15H2,1-3H3,(H,25,28). The van der Waals surface area contributed by atoms with Gasteiger partial charge in [0.15, 0.2) is 0 Å². The topological polar surface area (TPSA) is 63.7 Å². The van der Waals surface area contributed by atoms with E-state index in [2.05, 4.69) is 22.1 Å². The number of carbonyl (C=O) groups is 1. The van der Waals surface area contributed by atoms with Crippen LogP contribution in [0.15, 0.2) is 36.5 Å². The van der Waals surface area contributed by atoms with Gasteiger partial charge in [-0.3, -0.25) is 4.79 Å². The molecule has 0 bridgehead atoms. The van der Waals surface area contributed by atoms with Crippen molar-refractivity contribution < 1.29 is 14.3 Å². The number of rotatable bonds is 9. The largest absolute Gasteiger partial charge is 0.494 e. The number of hydrogen-bond acceptors (Lipinski definition) is 5. The summed E-state index contributed by atoms with van der Waals surface area (Å²) in [5, 5.41) is 3.03. The van der Waals surface area contributed by atoms with Gasteiger partial charge in [-0.1, -0.05) is 18.6 Å². The minimum absolute atomic E-state index is 0.154. The normalized spacial score (nSPS) is 16.8. The van der Waals surface area contributed by atoms with Gasteiger partial charge in [-0.25, -0.2) is 4.98 Å². The van der Waals surface area contributed by atoms with Crippen LogP contribution in [0.3, 0.4) is 0 Å². The fourth-order valence-corrected chi connectivity index (χ4v) is 3.91. The summed E-state index contributed by atoms with van der Waals surface area (Å²) in [6, 6.07) is 10.3. The number of amides is 1. The maximum Gasteiger partial charge on any atom is 0.256 e. The van der Waals surface area contributed by atoms with E-state index in [4.69, 9.17) is 9.47 Å². The highest BCUT2D eigenvalue weighted by Crippen LogP contribution is 2.26. The Balaban J connectivity index is 1.62. The molecule has 1 atom stereocenters.